The number of carbonyl (C=O) groups is 2. The number of nitrogens with zero attached hydrogens (tertiary/aromatic N) is 1. The summed E-state index contributed by atoms with van der Waals surface area (Å²) in [5, 5.41) is 0.519. The highest BCUT2D eigenvalue weighted by Crippen LogP contribution is 2.41. The van der Waals surface area contributed by atoms with Gasteiger partial charge in [0.15, 0.2) is 5.78 Å². The second-order valence-electron chi connectivity index (χ2n) is 7.01. The van der Waals surface area contributed by atoms with Crippen LogP contribution in [0.5, 0.6) is 5.75 Å². The summed E-state index contributed by atoms with van der Waals surface area (Å²) >= 11 is 1.32. The fourth-order valence-corrected chi connectivity index (χ4v) is 4.93. The first-order valence-electron chi connectivity index (χ1n) is 9.68. The number of rotatable bonds is 5. The molecule has 3 heterocycles. The fraction of sp³-hybridized carbons (Fsp3) is 0.217. The zero-order valence-electron chi connectivity index (χ0n) is 17.5. The maximum atomic E-state index is 13.0. The molecule has 0 aliphatic carbocycles. The Morgan fingerprint density at radius 2 is 1.90 bits per heavy atom. The van der Waals surface area contributed by atoms with Crippen LogP contribution in [0.1, 0.15) is 40.3 Å². The van der Waals surface area contributed by atoms with E-state index in [1.165, 1.54) is 18.3 Å². The predicted molar refractivity (Wildman–Crippen MR) is 120 cm³/mol. The van der Waals surface area contributed by atoms with Crippen LogP contribution in [-0.4, -0.2) is 35.4 Å². The third kappa shape index (κ3) is 3.48. The van der Waals surface area contributed by atoms with Gasteiger partial charge in [0.25, 0.3) is 5.56 Å². The lowest BCUT2D eigenvalue weighted by Crippen LogP contribution is -2.17. The van der Waals surface area contributed by atoms with Crippen molar-refractivity contribution in [2.45, 2.75) is 20.8 Å². The van der Waals surface area contributed by atoms with Gasteiger partial charge in [-0.3, -0.25) is 9.59 Å². The highest BCUT2D eigenvalue weighted by Gasteiger charge is 2.24. The molecule has 0 spiro atoms. The van der Waals surface area contributed by atoms with Crippen molar-refractivity contribution in [1.29, 1.82) is 0 Å². The lowest BCUT2D eigenvalue weighted by Gasteiger charge is -2.10. The molecule has 0 saturated heterocycles. The standard InChI is InChI=1S/C23H20N2O5S/c1-5-30-23(28)15-10-11(2)24-22-18(15)19-20(31-22)17(16(12(3)26)21(27)25-19)13-6-8-14(29-4)9-7-13/h6-10H,5H2,1-4H3,(H,25,27). The Hall–Kier alpha value is -3.52. The van der Waals surface area contributed by atoms with Crippen LogP contribution < -0.4 is 10.3 Å². The minimum absolute atomic E-state index is 0.0682. The molecule has 31 heavy (non-hydrogen) atoms. The number of hydrogen-bond acceptors (Lipinski definition) is 7. The van der Waals surface area contributed by atoms with E-state index in [0.29, 0.717) is 48.6 Å². The number of thiophene rings is 1. The average molecular weight is 436 g/mol. The number of nitrogens with one attached hydrogen (secondary N) is 1. The first-order valence-corrected chi connectivity index (χ1v) is 10.5. The summed E-state index contributed by atoms with van der Waals surface area (Å²) in [6.07, 6.45) is 0. The fourth-order valence-electron chi connectivity index (χ4n) is 3.66. The summed E-state index contributed by atoms with van der Waals surface area (Å²) in [5.74, 6) is -0.172. The Labute approximate surface area is 181 Å². The Morgan fingerprint density at radius 3 is 2.52 bits per heavy atom. The number of pyridine rings is 2. The van der Waals surface area contributed by atoms with Crippen LogP contribution >= 0.6 is 11.3 Å². The molecule has 3 aromatic heterocycles. The van der Waals surface area contributed by atoms with E-state index >= 15 is 0 Å². The first kappa shape index (κ1) is 20.7. The lowest BCUT2D eigenvalue weighted by molar-refractivity contribution is 0.0528. The molecule has 0 aliphatic heterocycles. The molecule has 4 aromatic rings. The number of aromatic nitrogens is 2. The minimum atomic E-state index is -0.513. The average Bonchev–Trinajstić information content (AvgIpc) is 3.09. The molecule has 4 rings (SSSR count). The SMILES string of the molecule is CCOC(=O)c1cc(C)nc2sc3c(-c4ccc(OC)cc4)c(C(C)=O)c(=O)[nH]c3c12. The number of aromatic amines is 1. The van der Waals surface area contributed by atoms with Gasteiger partial charge in [0.2, 0.25) is 0 Å². The monoisotopic (exact) mass is 436 g/mol. The van der Waals surface area contributed by atoms with E-state index in [-0.39, 0.29) is 18.0 Å². The van der Waals surface area contributed by atoms with Crippen LogP contribution in [0.25, 0.3) is 31.6 Å². The molecule has 0 bridgehead atoms. The summed E-state index contributed by atoms with van der Waals surface area (Å²) in [7, 11) is 1.57. The quantitative estimate of drug-likeness (QED) is 0.365. The second kappa shape index (κ2) is 7.96. The van der Waals surface area contributed by atoms with Gasteiger partial charge >= 0.3 is 5.97 Å². The van der Waals surface area contributed by atoms with Crippen LogP contribution in [0.4, 0.5) is 0 Å². The normalized spacial score (nSPS) is 11.1. The smallest absolute Gasteiger partial charge is 0.338 e. The van der Waals surface area contributed by atoms with E-state index in [1.807, 2.05) is 0 Å². The van der Waals surface area contributed by atoms with Crippen molar-refractivity contribution >= 4 is 43.5 Å². The number of ether oxygens (including phenoxy) is 2. The van der Waals surface area contributed by atoms with E-state index in [1.54, 1.807) is 51.3 Å². The summed E-state index contributed by atoms with van der Waals surface area (Å²) in [4.78, 5) is 46.0. The molecular weight excluding hydrogens is 416 g/mol. The topological polar surface area (TPSA) is 98.3 Å². The molecule has 0 saturated carbocycles. The van der Waals surface area contributed by atoms with Gasteiger partial charge in [0.1, 0.15) is 10.6 Å². The third-order valence-electron chi connectivity index (χ3n) is 4.96. The molecule has 7 nitrogen and oxygen atoms in total. The Kier molecular flexibility index (Phi) is 5.32. The van der Waals surface area contributed by atoms with Crippen molar-refractivity contribution in [3.63, 3.8) is 0 Å². The van der Waals surface area contributed by atoms with Crippen molar-refractivity contribution in [3.8, 4) is 16.9 Å². The van der Waals surface area contributed by atoms with Gasteiger partial charge in [-0.25, -0.2) is 9.78 Å². The zero-order chi connectivity index (χ0) is 22.3. The molecule has 1 aromatic carbocycles. The number of aryl methyl sites for hydroxylation is 1. The number of methoxy groups -OCH3 is 1. The highest BCUT2D eigenvalue weighted by molar-refractivity contribution is 7.26. The lowest BCUT2D eigenvalue weighted by atomic mass is 9.97. The number of hydrogen-bond donors (Lipinski definition) is 1. The molecule has 158 valence electrons. The second-order valence-corrected chi connectivity index (χ2v) is 8.01. The third-order valence-corrected chi connectivity index (χ3v) is 6.06. The van der Waals surface area contributed by atoms with E-state index in [9.17, 15) is 14.4 Å². The maximum Gasteiger partial charge on any atom is 0.338 e. The number of carbonyl (C=O) groups excluding carboxylic acids is 2. The molecular formula is C23H20N2O5S. The number of esters is 1. The molecule has 0 fully saturated rings. The van der Waals surface area contributed by atoms with Crippen molar-refractivity contribution < 1.29 is 19.1 Å². The van der Waals surface area contributed by atoms with E-state index in [0.717, 1.165) is 0 Å². The van der Waals surface area contributed by atoms with Crippen molar-refractivity contribution in [2.24, 2.45) is 0 Å². The maximum absolute atomic E-state index is 13.0. The molecule has 1 N–H and O–H groups in total. The Morgan fingerprint density at radius 1 is 1.19 bits per heavy atom. The van der Waals surface area contributed by atoms with Crippen LogP contribution in [-0.2, 0) is 4.74 Å². The van der Waals surface area contributed by atoms with Gasteiger partial charge in [0, 0.05) is 11.3 Å². The van der Waals surface area contributed by atoms with Crippen LogP contribution in [0.3, 0.4) is 0 Å². The van der Waals surface area contributed by atoms with Gasteiger partial charge in [-0.1, -0.05) is 12.1 Å². The number of fused-ring (bicyclic) bond motifs is 3. The Balaban J connectivity index is 2.16. The summed E-state index contributed by atoms with van der Waals surface area (Å²) in [6.45, 7) is 5.12. The van der Waals surface area contributed by atoms with Crippen LogP contribution in [0.15, 0.2) is 35.1 Å². The van der Waals surface area contributed by atoms with Crippen LogP contribution in [0.2, 0.25) is 0 Å². The van der Waals surface area contributed by atoms with Gasteiger partial charge in [-0.15, -0.1) is 11.3 Å². The first-order chi connectivity index (χ1) is 14.8. The number of Topliss-reactive ketones (excluding diaryl/α,β-unsaturated/α-hetero) is 1. The van der Waals surface area contributed by atoms with E-state index in [2.05, 4.69) is 9.97 Å². The minimum Gasteiger partial charge on any atom is -0.497 e. The molecule has 8 heteroatoms. The number of benzene rings is 1. The molecule has 0 unspecified atom stereocenters. The van der Waals surface area contributed by atoms with Gasteiger partial charge in [-0.2, -0.15) is 0 Å². The van der Waals surface area contributed by atoms with Gasteiger partial charge in [0.05, 0.1) is 40.4 Å². The zero-order valence-corrected chi connectivity index (χ0v) is 18.3. The molecule has 0 aliphatic rings. The molecule has 0 radical (unpaired) electrons. The van der Waals surface area contributed by atoms with Crippen molar-refractivity contribution in [1.82, 2.24) is 9.97 Å². The molecule has 0 atom stereocenters. The highest BCUT2D eigenvalue weighted by atomic mass is 32.1. The summed E-state index contributed by atoms with van der Waals surface area (Å²) < 4.78 is 11.1. The summed E-state index contributed by atoms with van der Waals surface area (Å²) in [5.41, 5.74) is 2.23. The van der Waals surface area contributed by atoms with Gasteiger partial charge in [-0.05, 0) is 44.5 Å². The van der Waals surface area contributed by atoms with Crippen molar-refractivity contribution in [2.75, 3.05) is 13.7 Å². The summed E-state index contributed by atoms with van der Waals surface area (Å²) in [6, 6.07) is 8.79. The number of H-pyrrole nitrogens is 1. The number of ketones is 1. The van der Waals surface area contributed by atoms with Crippen LogP contribution in [0, 0.1) is 6.92 Å². The largest absolute Gasteiger partial charge is 0.497 e. The molecule has 0 amide bonds. The van der Waals surface area contributed by atoms with Crippen molar-refractivity contribution in [3.05, 3.63) is 57.5 Å². The van der Waals surface area contributed by atoms with Gasteiger partial charge < -0.3 is 14.5 Å². The van der Waals surface area contributed by atoms with E-state index < -0.39 is 11.5 Å². The predicted octanol–water partition coefficient (Wildman–Crippen LogP) is 4.50. The van der Waals surface area contributed by atoms with E-state index in [4.69, 9.17) is 9.47 Å². The Bertz CT molecular complexity index is 1400.